The Kier molecular flexibility index (Phi) is 5.03. The van der Waals surface area contributed by atoms with E-state index in [9.17, 15) is 13.2 Å². The number of aromatic nitrogens is 2. The van der Waals surface area contributed by atoms with Crippen molar-refractivity contribution in [1.29, 1.82) is 0 Å². The molecule has 0 bridgehead atoms. The molecule has 1 fully saturated rings. The van der Waals surface area contributed by atoms with E-state index in [1.807, 2.05) is 6.07 Å². The van der Waals surface area contributed by atoms with E-state index >= 15 is 0 Å². The first kappa shape index (κ1) is 20.4. The second-order valence-corrected chi connectivity index (χ2v) is 9.57. The van der Waals surface area contributed by atoms with Gasteiger partial charge in [0.05, 0.1) is 22.3 Å². The number of hydrogen-bond donors (Lipinski definition) is 4. The monoisotopic (exact) mass is 450 g/mol. The Morgan fingerprint density at radius 2 is 1.72 bits per heavy atom. The second kappa shape index (κ2) is 7.88. The van der Waals surface area contributed by atoms with E-state index in [1.54, 1.807) is 42.6 Å². The minimum atomic E-state index is -3.52. The molecular formula is C22H22N6O3S. The summed E-state index contributed by atoms with van der Waals surface area (Å²) in [4.78, 5) is 21.3. The van der Waals surface area contributed by atoms with E-state index in [-0.39, 0.29) is 22.7 Å². The quantitative estimate of drug-likeness (QED) is 0.466. The second-order valence-electron chi connectivity index (χ2n) is 7.85. The number of nitrogen functional groups attached to an aromatic ring is 1. The van der Waals surface area contributed by atoms with Gasteiger partial charge in [0.1, 0.15) is 11.5 Å². The molecule has 2 aromatic carbocycles. The van der Waals surface area contributed by atoms with E-state index in [0.29, 0.717) is 35.7 Å². The number of hydrogen-bond acceptors (Lipinski definition) is 7. The number of rotatable bonds is 5. The van der Waals surface area contributed by atoms with Gasteiger partial charge in [0, 0.05) is 35.9 Å². The first-order valence-corrected chi connectivity index (χ1v) is 11.8. The highest BCUT2D eigenvalue weighted by atomic mass is 32.2. The van der Waals surface area contributed by atoms with E-state index in [4.69, 9.17) is 5.73 Å². The highest BCUT2D eigenvalue weighted by Crippen LogP contribution is 2.30. The fourth-order valence-electron chi connectivity index (χ4n) is 3.55. The third kappa shape index (κ3) is 4.02. The maximum atomic E-state index is 12.4. The molecule has 0 atom stereocenters. The Hall–Kier alpha value is -3.50. The van der Waals surface area contributed by atoms with Crippen LogP contribution in [0.25, 0.3) is 22.5 Å². The van der Waals surface area contributed by atoms with Gasteiger partial charge in [-0.15, -0.1) is 0 Å². The van der Waals surface area contributed by atoms with Crippen molar-refractivity contribution in [3.05, 3.63) is 54.2 Å². The Morgan fingerprint density at radius 1 is 1.00 bits per heavy atom. The SMILES string of the molecule is Nc1ncc(-c2ccc(S(=O)(=O)NC3CC3)cc2)nc1-c1ccc2c(c1)NCCNC2=O. The van der Waals surface area contributed by atoms with Crippen molar-refractivity contribution in [1.82, 2.24) is 20.0 Å². The van der Waals surface area contributed by atoms with Crippen molar-refractivity contribution in [2.24, 2.45) is 0 Å². The Balaban J connectivity index is 1.47. The average molecular weight is 451 g/mol. The Bertz CT molecular complexity index is 1300. The number of nitrogens with two attached hydrogens (primary N) is 1. The molecule has 1 aliphatic heterocycles. The van der Waals surface area contributed by atoms with E-state index < -0.39 is 10.0 Å². The van der Waals surface area contributed by atoms with Crippen LogP contribution in [0.1, 0.15) is 23.2 Å². The summed E-state index contributed by atoms with van der Waals surface area (Å²) in [5.74, 6) is 0.134. The Labute approximate surface area is 185 Å². The zero-order valence-corrected chi connectivity index (χ0v) is 17.9. The Morgan fingerprint density at radius 3 is 2.47 bits per heavy atom. The number of nitrogens with zero attached hydrogens (tertiary/aromatic N) is 2. The van der Waals surface area contributed by atoms with Crippen LogP contribution in [0.15, 0.2) is 53.6 Å². The number of benzene rings is 2. The summed E-state index contributed by atoms with van der Waals surface area (Å²) in [5.41, 5.74) is 9.88. The molecule has 3 aromatic rings. The largest absolute Gasteiger partial charge is 0.383 e. The van der Waals surface area contributed by atoms with Gasteiger partial charge in [0.25, 0.3) is 5.91 Å². The molecule has 32 heavy (non-hydrogen) atoms. The number of nitrogens with one attached hydrogen (secondary N) is 3. The van der Waals surface area contributed by atoms with Gasteiger partial charge < -0.3 is 16.4 Å². The van der Waals surface area contributed by atoms with Crippen molar-refractivity contribution < 1.29 is 13.2 Å². The van der Waals surface area contributed by atoms with Crippen LogP contribution in [0.3, 0.4) is 0 Å². The predicted octanol–water partition coefficient (Wildman–Crippen LogP) is 1.99. The van der Waals surface area contributed by atoms with Crippen LogP contribution in [0.4, 0.5) is 11.5 Å². The molecule has 1 saturated carbocycles. The van der Waals surface area contributed by atoms with Crippen LogP contribution in [-0.2, 0) is 10.0 Å². The van der Waals surface area contributed by atoms with E-state index in [1.165, 1.54) is 0 Å². The summed E-state index contributed by atoms with van der Waals surface area (Å²) in [6.07, 6.45) is 3.31. The number of anilines is 2. The summed E-state index contributed by atoms with van der Waals surface area (Å²) in [5, 5.41) is 6.06. The molecule has 1 aromatic heterocycles. The van der Waals surface area contributed by atoms with Crippen LogP contribution < -0.4 is 21.1 Å². The zero-order chi connectivity index (χ0) is 22.3. The molecule has 5 N–H and O–H groups in total. The van der Waals surface area contributed by atoms with Crippen LogP contribution in [0, 0.1) is 0 Å². The molecule has 164 valence electrons. The van der Waals surface area contributed by atoms with Gasteiger partial charge in [-0.1, -0.05) is 18.2 Å². The van der Waals surface area contributed by atoms with Crippen LogP contribution >= 0.6 is 0 Å². The summed E-state index contributed by atoms with van der Waals surface area (Å²) < 4.78 is 27.4. The number of carbonyl (C=O) groups is 1. The average Bonchev–Trinajstić information content (AvgIpc) is 3.61. The molecule has 5 rings (SSSR count). The lowest BCUT2D eigenvalue weighted by Gasteiger charge is -2.11. The molecule has 2 heterocycles. The number of fused-ring (bicyclic) bond motifs is 1. The van der Waals surface area contributed by atoms with Gasteiger partial charge in [-0.2, -0.15) is 0 Å². The molecule has 0 radical (unpaired) electrons. The van der Waals surface area contributed by atoms with Crippen molar-refractivity contribution in [2.45, 2.75) is 23.8 Å². The number of sulfonamides is 1. The zero-order valence-electron chi connectivity index (χ0n) is 17.1. The number of amides is 1. The van der Waals surface area contributed by atoms with Gasteiger partial charge in [-0.3, -0.25) is 4.79 Å². The summed E-state index contributed by atoms with van der Waals surface area (Å²) in [6.45, 7) is 1.16. The first-order chi connectivity index (χ1) is 15.4. The lowest BCUT2D eigenvalue weighted by atomic mass is 10.1. The lowest BCUT2D eigenvalue weighted by Crippen LogP contribution is -2.25. The van der Waals surface area contributed by atoms with Crippen molar-refractivity contribution >= 4 is 27.4 Å². The smallest absolute Gasteiger partial charge is 0.253 e. The third-order valence-electron chi connectivity index (χ3n) is 5.42. The number of carbonyl (C=O) groups excluding carboxylic acids is 1. The summed E-state index contributed by atoms with van der Waals surface area (Å²) in [7, 11) is -3.52. The van der Waals surface area contributed by atoms with Crippen molar-refractivity contribution in [3.8, 4) is 22.5 Å². The van der Waals surface area contributed by atoms with Gasteiger partial charge >= 0.3 is 0 Å². The van der Waals surface area contributed by atoms with Crippen molar-refractivity contribution in [2.75, 3.05) is 24.1 Å². The predicted molar refractivity (Wildman–Crippen MR) is 121 cm³/mol. The molecule has 1 aliphatic carbocycles. The maximum Gasteiger partial charge on any atom is 0.253 e. The van der Waals surface area contributed by atoms with Crippen LogP contribution in [0.2, 0.25) is 0 Å². The van der Waals surface area contributed by atoms with E-state index in [2.05, 4.69) is 25.3 Å². The van der Waals surface area contributed by atoms with Gasteiger partial charge in [-0.25, -0.2) is 23.1 Å². The summed E-state index contributed by atoms with van der Waals surface area (Å²) >= 11 is 0. The maximum absolute atomic E-state index is 12.4. The van der Waals surface area contributed by atoms with Gasteiger partial charge in [0.15, 0.2) is 0 Å². The van der Waals surface area contributed by atoms with Crippen LogP contribution in [-0.4, -0.2) is 43.4 Å². The molecule has 9 nitrogen and oxygen atoms in total. The van der Waals surface area contributed by atoms with Crippen LogP contribution in [0.5, 0.6) is 0 Å². The molecule has 10 heteroatoms. The molecule has 0 saturated heterocycles. The fraction of sp³-hybridized carbons (Fsp3) is 0.227. The standard InChI is InChI=1S/C22H22N6O3S/c23-21-20(14-3-8-17-18(11-14)24-9-10-25-22(17)29)27-19(12-26-21)13-1-6-16(7-2-13)32(30,31)28-15-4-5-15/h1-3,6-8,11-12,15,24,28H,4-5,9-10H2,(H2,23,26)(H,25,29). The minimum Gasteiger partial charge on any atom is -0.383 e. The van der Waals surface area contributed by atoms with Crippen molar-refractivity contribution in [3.63, 3.8) is 0 Å². The first-order valence-electron chi connectivity index (χ1n) is 10.3. The lowest BCUT2D eigenvalue weighted by molar-refractivity contribution is 0.0958. The molecule has 1 amide bonds. The van der Waals surface area contributed by atoms with E-state index in [0.717, 1.165) is 24.0 Å². The highest BCUT2D eigenvalue weighted by Gasteiger charge is 2.28. The molecule has 2 aliphatic rings. The molecule has 0 unspecified atom stereocenters. The van der Waals surface area contributed by atoms with Gasteiger partial charge in [0.2, 0.25) is 10.0 Å². The normalized spacial score (nSPS) is 15.9. The third-order valence-corrected chi connectivity index (χ3v) is 6.96. The molecular weight excluding hydrogens is 428 g/mol. The highest BCUT2D eigenvalue weighted by molar-refractivity contribution is 7.89. The topological polar surface area (TPSA) is 139 Å². The molecule has 0 spiro atoms. The van der Waals surface area contributed by atoms with Gasteiger partial charge in [-0.05, 0) is 37.1 Å². The summed E-state index contributed by atoms with van der Waals surface area (Å²) in [6, 6.07) is 11.9. The minimum absolute atomic E-state index is 0.0479. The fourth-order valence-corrected chi connectivity index (χ4v) is 4.85.